The van der Waals surface area contributed by atoms with Crippen LogP contribution in [0, 0.1) is 0 Å². The lowest BCUT2D eigenvalue weighted by atomic mass is 10.3. The van der Waals surface area contributed by atoms with Crippen LogP contribution in [0.15, 0.2) is 29.6 Å². The summed E-state index contributed by atoms with van der Waals surface area (Å²) in [6.45, 7) is 0. The zero-order chi connectivity index (χ0) is 11.4. The van der Waals surface area contributed by atoms with Gasteiger partial charge in [0.2, 0.25) is 0 Å². The molecule has 3 aromatic rings. The summed E-state index contributed by atoms with van der Waals surface area (Å²) in [6.07, 6.45) is 7.03. The zero-order valence-corrected chi connectivity index (χ0v) is 8.95. The van der Waals surface area contributed by atoms with E-state index >= 15 is 0 Å². The first kappa shape index (κ1) is 8.86. The van der Waals surface area contributed by atoms with Crippen LogP contribution in [-0.4, -0.2) is 24.1 Å². The van der Waals surface area contributed by atoms with Gasteiger partial charge in [-0.15, -0.1) is 0 Å². The van der Waals surface area contributed by atoms with E-state index < -0.39 is 0 Å². The van der Waals surface area contributed by atoms with E-state index in [9.17, 15) is 4.79 Å². The van der Waals surface area contributed by atoms with Gasteiger partial charge in [0, 0.05) is 18.4 Å². The summed E-state index contributed by atoms with van der Waals surface area (Å²) in [7, 11) is 0. The molecule has 0 bridgehead atoms. The third kappa shape index (κ3) is 1.15. The fourth-order valence-electron chi connectivity index (χ4n) is 2.12. The van der Waals surface area contributed by atoms with Gasteiger partial charge in [-0.2, -0.15) is 14.6 Å². The number of rotatable bonds is 1. The Balaban J connectivity index is 2.17. The van der Waals surface area contributed by atoms with Gasteiger partial charge in [0.1, 0.15) is 6.33 Å². The zero-order valence-electron chi connectivity index (χ0n) is 8.95. The SMILES string of the molecule is O=c1c2cnc3ncnn3c2ccn1C1CC1. The summed E-state index contributed by atoms with van der Waals surface area (Å²) in [5.41, 5.74) is 0.768. The van der Waals surface area contributed by atoms with Crippen LogP contribution in [0.4, 0.5) is 0 Å². The van der Waals surface area contributed by atoms with E-state index in [4.69, 9.17) is 0 Å². The van der Waals surface area contributed by atoms with Gasteiger partial charge in [-0.25, -0.2) is 4.98 Å². The fraction of sp³-hybridized carbons (Fsp3) is 0.273. The molecule has 0 aliphatic heterocycles. The van der Waals surface area contributed by atoms with Crippen molar-refractivity contribution in [3.8, 4) is 0 Å². The molecule has 0 unspecified atom stereocenters. The number of nitrogens with zero attached hydrogens (tertiary/aromatic N) is 5. The van der Waals surface area contributed by atoms with Crippen molar-refractivity contribution < 1.29 is 0 Å². The standard InChI is InChI=1S/C11H9N5O/c17-10-8-5-12-11-13-6-14-16(11)9(8)3-4-15(10)7-1-2-7/h3-7H,1-2H2. The predicted molar refractivity (Wildman–Crippen MR) is 60.8 cm³/mol. The van der Waals surface area contributed by atoms with Crippen molar-refractivity contribution in [1.29, 1.82) is 0 Å². The quantitative estimate of drug-likeness (QED) is 0.616. The average molecular weight is 227 g/mol. The van der Waals surface area contributed by atoms with Gasteiger partial charge in [0.15, 0.2) is 0 Å². The van der Waals surface area contributed by atoms with Crippen LogP contribution in [0.5, 0.6) is 0 Å². The van der Waals surface area contributed by atoms with Crippen LogP contribution < -0.4 is 5.56 Å². The first-order chi connectivity index (χ1) is 8.34. The van der Waals surface area contributed by atoms with Crippen molar-refractivity contribution in [2.45, 2.75) is 18.9 Å². The van der Waals surface area contributed by atoms with Crippen LogP contribution in [0.1, 0.15) is 18.9 Å². The first-order valence-corrected chi connectivity index (χ1v) is 5.54. The molecule has 0 spiro atoms. The molecule has 0 radical (unpaired) electrons. The van der Waals surface area contributed by atoms with Crippen molar-refractivity contribution in [3.63, 3.8) is 0 Å². The molecule has 0 atom stereocenters. The molecule has 84 valence electrons. The first-order valence-electron chi connectivity index (χ1n) is 5.54. The maximum absolute atomic E-state index is 12.2. The summed E-state index contributed by atoms with van der Waals surface area (Å²) in [5.74, 6) is 0.515. The van der Waals surface area contributed by atoms with Gasteiger partial charge in [0.25, 0.3) is 11.3 Å². The number of hydrogen-bond acceptors (Lipinski definition) is 4. The monoisotopic (exact) mass is 227 g/mol. The van der Waals surface area contributed by atoms with Crippen molar-refractivity contribution >= 4 is 16.7 Å². The maximum Gasteiger partial charge on any atom is 0.261 e. The number of hydrogen-bond donors (Lipinski definition) is 0. The number of fused-ring (bicyclic) bond motifs is 3. The Labute approximate surface area is 95.5 Å². The molecule has 0 amide bonds. The molecular weight excluding hydrogens is 218 g/mol. The second-order valence-electron chi connectivity index (χ2n) is 4.29. The Morgan fingerprint density at radius 1 is 1.29 bits per heavy atom. The second kappa shape index (κ2) is 2.91. The van der Waals surface area contributed by atoms with E-state index in [0.29, 0.717) is 17.2 Å². The number of pyridine rings is 1. The molecule has 3 aromatic heterocycles. The van der Waals surface area contributed by atoms with Crippen molar-refractivity contribution in [2.75, 3.05) is 0 Å². The fourth-order valence-corrected chi connectivity index (χ4v) is 2.12. The Bertz CT molecular complexity index is 783. The van der Waals surface area contributed by atoms with Crippen LogP contribution in [0.2, 0.25) is 0 Å². The van der Waals surface area contributed by atoms with Gasteiger partial charge in [0.05, 0.1) is 10.9 Å². The molecule has 6 nitrogen and oxygen atoms in total. The molecule has 1 aliphatic carbocycles. The lowest BCUT2D eigenvalue weighted by molar-refractivity contribution is 0.713. The van der Waals surface area contributed by atoms with Crippen LogP contribution in [0.25, 0.3) is 16.7 Å². The summed E-state index contributed by atoms with van der Waals surface area (Å²) in [6, 6.07) is 2.27. The molecule has 1 aliphatic rings. The maximum atomic E-state index is 12.2. The number of aromatic nitrogens is 5. The van der Waals surface area contributed by atoms with Gasteiger partial charge < -0.3 is 4.57 Å². The topological polar surface area (TPSA) is 65.1 Å². The highest BCUT2D eigenvalue weighted by Crippen LogP contribution is 2.33. The molecule has 1 saturated carbocycles. The summed E-state index contributed by atoms with van der Waals surface area (Å²) in [4.78, 5) is 20.4. The van der Waals surface area contributed by atoms with Crippen LogP contribution >= 0.6 is 0 Å². The summed E-state index contributed by atoms with van der Waals surface area (Å²) in [5, 5.41) is 4.67. The van der Waals surface area contributed by atoms with E-state index in [1.54, 1.807) is 15.3 Å². The summed E-state index contributed by atoms with van der Waals surface area (Å²) >= 11 is 0. The third-order valence-corrected chi connectivity index (χ3v) is 3.14. The Kier molecular flexibility index (Phi) is 1.52. The van der Waals surface area contributed by atoms with Crippen molar-refractivity contribution in [1.82, 2.24) is 24.1 Å². The van der Waals surface area contributed by atoms with E-state index in [1.807, 2.05) is 12.3 Å². The Hall–Kier alpha value is -2.24. The minimum atomic E-state index is 0.00917. The largest absolute Gasteiger partial charge is 0.312 e. The Morgan fingerprint density at radius 2 is 2.18 bits per heavy atom. The minimum Gasteiger partial charge on any atom is -0.312 e. The smallest absolute Gasteiger partial charge is 0.261 e. The Morgan fingerprint density at radius 3 is 3.00 bits per heavy atom. The van der Waals surface area contributed by atoms with E-state index in [1.165, 1.54) is 6.33 Å². The molecular formula is C11H9N5O. The van der Waals surface area contributed by atoms with Gasteiger partial charge in [-0.1, -0.05) is 0 Å². The highest BCUT2D eigenvalue weighted by Gasteiger charge is 2.25. The molecule has 6 heteroatoms. The summed E-state index contributed by atoms with van der Waals surface area (Å²) < 4.78 is 3.38. The van der Waals surface area contributed by atoms with Gasteiger partial charge in [-0.3, -0.25) is 4.79 Å². The molecule has 0 aromatic carbocycles. The lowest BCUT2D eigenvalue weighted by Gasteiger charge is -2.05. The molecule has 0 N–H and O–H groups in total. The molecule has 3 heterocycles. The second-order valence-corrected chi connectivity index (χ2v) is 4.29. The highest BCUT2D eigenvalue weighted by molar-refractivity contribution is 5.78. The average Bonchev–Trinajstić information content (AvgIpc) is 3.06. The molecule has 4 rings (SSSR count). The normalized spacial score (nSPS) is 15.8. The predicted octanol–water partition coefficient (Wildman–Crippen LogP) is 0.774. The lowest BCUT2D eigenvalue weighted by Crippen LogP contribution is -2.19. The van der Waals surface area contributed by atoms with Crippen LogP contribution in [-0.2, 0) is 0 Å². The van der Waals surface area contributed by atoms with Gasteiger partial charge in [-0.05, 0) is 18.9 Å². The molecule has 0 saturated heterocycles. The van der Waals surface area contributed by atoms with E-state index in [0.717, 1.165) is 18.4 Å². The minimum absolute atomic E-state index is 0.00917. The molecule has 17 heavy (non-hydrogen) atoms. The van der Waals surface area contributed by atoms with Gasteiger partial charge >= 0.3 is 0 Å². The van der Waals surface area contributed by atoms with Crippen LogP contribution in [0.3, 0.4) is 0 Å². The van der Waals surface area contributed by atoms with Crippen molar-refractivity contribution in [3.05, 3.63) is 35.1 Å². The van der Waals surface area contributed by atoms with Crippen molar-refractivity contribution in [2.24, 2.45) is 0 Å². The molecule has 1 fully saturated rings. The van der Waals surface area contributed by atoms with E-state index in [2.05, 4.69) is 15.1 Å². The third-order valence-electron chi connectivity index (χ3n) is 3.14. The highest BCUT2D eigenvalue weighted by atomic mass is 16.1. The van der Waals surface area contributed by atoms with E-state index in [-0.39, 0.29) is 5.56 Å².